The molecule has 3 rings (SSSR count). The van der Waals surface area contributed by atoms with E-state index >= 15 is 0 Å². The van der Waals surface area contributed by atoms with Gasteiger partial charge in [0.1, 0.15) is 0 Å². The summed E-state index contributed by atoms with van der Waals surface area (Å²) in [5.41, 5.74) is -0.875. The normalized spacial score (nSPS) is 14.5. The Morgan fingerprint density at radius 3 is 2.07 bits per heavy atom. The number of hydrogen-bond donors (Lipinski definition) is 0. The number of carbonyl (C=O) groups is 2. The molecule has 158 valence electrons. The molecule has 0 aromatic heterocycles. The topological polar surface area (TPSA) is 83.8 Å². The Morgan fingerprint density at radius 1 is 0.967 bits per heavy atom. The van der Waals surface area contributed by atoms with E-state index in [9.17, 15) is 32.9 Å². The third-order valence-corrected chi connectivity index (χ3v) is 4.96. The SMILES string of the molecule is Cc1cc(C(=O)N2CCN(C(=O)c3ccccc3C(F)(F)F)CC2)ccc1[N+](=O)[O-]. The second-order valence-electron chi connectivity index (χ2n) is 6.89. The zero-order valence-electron chi connectivity index (χ0n) is 16.0. The first kappa shape index (κ1) is 21.3. The van der Waals surface area contributed by atoms with Crippen LogP contribution in [0.2, 0.25) is 0 Å². The molecule has 30 heavy (non-hydrogen) atoms. The highest BCUT2D eigenvalue weighted by atomic mass is 19.4. The van der Waals surface area contributed by atoms with Crippen molar-refractivity contribution in [3.8, 4) is 0 Å². The summed E-state index contributed by atoms with van der Waals surface area (Å²) >= 11 is 0. The van der Waals surface area contributed by atoms with E-state index in [2.05, 4.69) is 0 Å². The van der Waals surface area contributed by atoms with Crippen LogP contribution in [-0.4, -0.2) is 52.7 Å². The number of alkyl halides is 3. The number of nitro groups is 1. The molecule has 0 aliphatic carbocycles. The smallest absolute Gasteiger partial charge is 0.335 e. The minimum absolute atomic E-state index is 0.0860. The number of amides is 2. The fourth-order valence-electron chi connectivity index (χ4n) is 3.38. The van der Waals surface area contributed by atoms with E-state index < -0.39 is 28.1 Å². The summed E-state index contributed by atoms with van der Waals surface area (Å²) in [6, 6.07) is 8.66. The maximum atomic E-state index is 13.2. The van der Waals surface area contributed by atoms with Crippen LogP contribution in [0.25, 0.3) is 0 Å². The van der Waals surface area contributed by atoms with Crippen molar-refractivity contribution in [2.24, 2.45) is 0 Å². The van der Waals surface area contributed by atoms with Gasteiger partial charge >= 0.3 is 6.18 Å². The zero-order chi connectivity index (χ0) is 22.1. The third kappa shape index (κ3) is 4.27. The number of carbonyl (C=O) groups excluding carboxylic acids is 2. The molecule has 2 amide bonds. The van der Waals surface area contributed by atoms with Crippen LogP contribution in [-0.2, 0) is 6.18 Å². The van der Waals surface area contributed by atoms with E-state index in [4.69, 9.17) is 0 Å². The van der Waals surface area contributed by atoms with Gasteiger partial charge in [0.25, 0.3) is 17.5 Å². The Hall–Kier alpha value is -3.43. The highest BCUT2D eigenvalue weighted by Gasteiger charge is 2.36. The van der Waals surface area contributed by atoms with Gasteiger partial charge < -0.3 is 9.80 Å². The summed E-state index contributed by atoms with van der Waals surface area (Å²) in [6.45, 7) is 2.00. The Kier molecular flexibility index (Phi) is 5.77. The lowest BCUT2D eigenvalue weighted by Crippen LogP contribution is -2.50. The Morgan fingerprint density at radius 2 is 1.53 bits per heavy atom. The van der Waals surface area contributed by atoms with Crippen molar-refractivity contribution in [1.82, 2.24) is 9.80 Å². The maximum absolute atomic E-state index is 13.2. The van der Waals surface area contributed by atoms with Gasteiger partial charge in [0.15, 0.2) is 0 Å². The highest BCUT2D eigenvalue weighted by molar-refractivity contribution is 5.97. The van der Waals surface area contributed by atoms with Crippen molar-refractivity contribution in [1.29, 1.82) is 0 Å². The van der Waals surface area contributed by atoms with E-state index in [1.807, 2.05) is 0 Å². The first-order valence-corrected chi connectivity index (χ1v) is 9.09. The molecule has 0 radical (unpaired) electrons. The van der Waals surface area contributed by atoms with Crippen molar-refractivity contribution in [2.45, 2.75) is 13.1 Å². The molecule has 0 atom stereocenters. The third-order valence-electron chi connectivity index (χ3n) is 4.96. The number of benzene rings is 2. The summed E-state index contributed by atoms with van der Waals surface area (Å²) in [4.78, 5) is 38.4. The van der Waals surface area contributed by atoms with Gasteiger partial charge in [0.05, 0.1) is 16.1 Å². The first-order valence-electron chi connectivity index (χ1n) is 9.09. The number of aryl methyl sites for hydroxylation is 1. The average Bonchev–Trinajstić information content (AvgIpc) is 2.72. The summed E-state index contributed by atoms with van der Waals surface area (Å²) in [5, 5.41) is 10.9. The number of nitrogens with zero attached hydrogens (tertiary/aromatic N) is 3. The molecule has 0 bridgehead atoms. The number of rotatable bonds is 3. The van der Waals surface area contributed by atoms with Crippen LogP contribution in [0.3, 0.4) is 0 Å². The maximum Gasteiger partial charge on any atom is 0.417 e. The second kappa shape index (κ2) is 8.13. The molecule has 0 saturated carbocycles. The zero-order valence-corrected chi connectivity index (χ0v) is 16.0. The molecule has 10 heteroatoms. The molecule has 1 fully saturated rings. The lowest BCUT2D eigenvalue weighted by Gasteiger charge is -2.35. The molecule has 1 aliphatic heterocycles. The monoisotopic (exact) mass is 421 g/mol. The highest BCUT2D eigenvalue weighted by Crippen LogP contribution is 2.32. The van der Waals surface area contributed by atoms with Gasteiger partial charge in [-0.2, -0.15) is 13.2 Å². The van der Waals surface area contributed by atoms with E-state index in [1.54, 1.807) is 0 Å². The van der Waals surface area contributed by atoms with Crippen LogP contribution in [0.4, 0.5) is 18.9 Å². The van der Waals surface area contributed by atoms with Crippen LogP contribution < -0.4 is 0 Å². The number of piperazine rings is 1. The van der Waals surface area contributed by atoms with E-state index in [1.165, 1.54) is 47.1 Å². The number of halogens is 3. The van der Waals surface area contributed by atoms with Gasteiger partial charge in [-0.1, -0.05) is 12.1 Å². The molecular formula is C20H18F3N3O4. The van der Waals surface area contributed by atoms with Crippen molar-refractivity contribution >= 4 is 17.5 Å². The van der Waals surface area contributed by atoms with Crippen LogP contribution in [0.15, 0.2) is 42.5 Å². The lowest BCUT2D eigenvalue weighted by molar-refractivity contribution is -0.385. The molecule has 0 spiro atoms. The summed E-state index contributed by atoms with van der Waals surface area (Å²) < 4.78 is 39.5. The molecule has 1 saturated heterocycles. The van der Waals surface area contributed by atoms with Crippen molar-refractivity contribution in [3.05, 3.63) is 74.8 Å². The summed E-state index contributed by atoms with van der Waals surface area (Å²) in [7, 11) is 0. The average molecular weight is 421 g/mol. The predicted molar refractivity (Wildman–Crippen MR) is 101 cm³/mol. The largest absolute Gasteiger partial charge is 0.417 e. The predicted octanol–water partition coefficient (Wildman–Crippen LogP) is 3.52. The van der Waals surface area contributed by atoms with Gasteiger partial charge in [-0.15, -0.1) is 0 Å². The van der Waals surface area contributed by atoms with E-state index in [0.717, 1.165) is 12.1 Å². The number of hydrogen-bond acceptors (Lipinski definition) is 4. The Balaban J connectivity index is 1.69. The molecule has 2 aromatic carbocycles. The molecular weight excluding hydrogens is 403 g/mol. The summed E-state index contributed by atoms with van der Waals surface area (Å²) in [6.07, 6.45) is -4.64. The quantitative estimate of drug-likeness (QED) is 0.561. The van der Waals surface area contributed by atoms with E-state index in [-0.39, 0.29) is 43.3 Å². The van der Waals surface area contributed by atoms with Gasteiger partial charge in [0, 0.05) is 43.4 Å². The van der Waals surface area contributed by atoms with Crippen LogP contribution in [0.1, 0.15) is 31.8 Å². The van der Waals surface area contributed by atoms with Gasteiger partial charge in [0.2, 0.25) is 0 Å². The summed E-state index contributed by atoms with van der Waals surface area (Å²) in [5.74, 6) is -1.09. The van der Waals surface area contributed by atoms with Crippen LogP contribution >= 0.6 is 0 Å². The molecule has 0 N–H and O–H groups in total. The van der Waals surface area contributed by atoms with Crippen LogP contribution in [0, 0.1) is 17.0 Å². The van der Waals surface area contributed by atoms with Crippen LogP contribution in [0.5, 0.6) is 0 Å². The number of nitro benzene ring substituents is 1. The Bertz CT molecular complexity index is 999. The molecule has 2 aromatic rings. The molecule has 7 nitrogen and oxygen atoms in total. The first-order chi connectivity index (χ1) is 14.1. The fraction of sp³-hybridized carbons (Fsp3) is 0.300. The van der Waals surface area contributed by atoms with Crippen molar-refractivity contribution < 1.29 is 27.7 Å². The molecule has 1 aliphatic rings. The van der Waals surface area contributed by atoms with Gasteiger partial charge in [-0.3, -0.25) is 19.7 Å². The molecule has 1 heterocycles. The van der Waals surface area contributed by atoms with E-state index in [0.29, 0.717) is 5.56 Å². The Labute approximate surface area is 169 Å². The fourth-order valence-corrected chi connectivity index (χ4v) is 3.38. The van der Waals surface area contributed by atoms with Crippen molar-refractivity contribution in [2.75, 3.05) is 26.2 Å². The van der Waals surface area contributed by atoms with Crippen molar-refractivity contribution in [3.63, 3.8) is 0 Å². The molecule has 0 unspecified atom stereocenters. The minimum Gasteiger partial charge on any atom is -0.335 e. The lowest BCUT2D eigenvalue weighted by atomic mass is 10.1. The van der Waals surface area contributed by atoms with Gasteiger partial charge in [-0.25, -0.2) is 0 Å². The standard InChI is InChI=1S/C20H18F3N3O4/c1-13-12-14(6-7-17(13)26(29)30)18(27)24-8-10-25(11-9-24)19(28)15-4-2-3-5-16(15)20(21,22)23/h2-7,12H,8-11H2,1H3. The second-order valence-corrected chi connectivity index (χ2v) is 6.89. The minimum atomic E-state index is -4.64. The van der Waals surface area contributed by atoms with Gasteiger partial charge in [-0.05, 0) is 31.2 Å².